The fourth-order valence-electron chi connectivity index (χ4n) is 2.36. The average molecular weight is 319 g/mol. The zero-order valence-electron chi connectivity index (χ0n) is 13.9. The molecule has 0 unspecified atom stereocenters. The predicted molar refractivity (Wildman–Crippen MR) is 88.7 cm³/mol. The number of rotatable bonds is 8. The van der Waals surface area contributed by atoms with E-state index in [4.69, 9.17) is 0 Å². The second kappa shape index (κ2) is 9.61. The van der Waals surface area contributed by atoms with Crippen LogP contribution in [-0.4, -0.2) is 36.9 Å². The van der Waals surface area contributed by atoms with Crippen molar-refractivity contribution in [1.29, 1.82) is 0 Å². The number of carbonyl (C=O) groups excluding carboxylic acids is 3. The van der Waals surface area contributed by atoms with Crippen molar-refractivity contribution in [3.05, 3.63) is 35.9 Å². The Labute approximate surface area is 137 Å². The van der Waals surface area contributed by atoms with Crippen molar-refractivity contribution in [2.45, 2.75) is 45.2 Å². The van der Waals surface area contributed by atoms with Crippen LogP contribution in [0.2, 0.25) is 0 Å². The molecular weight excluding hydrogens is 294 g/mol. The van der Waals surface area contributed by atoms with E-state index < -0.39 is 0 Å². The highest BCUT2D eigenvalue weighted by Gasteiger charge is 2.18. The molecule has 3 amide bonds. The Hall–Kier alpha value is -2.37. The number of hydrogen-bond donors (Lipinski definition) is 3. The van der Waals surface area contributed by atoms with Crippen LogP contribution in [0.25, 0.3) is 0 Å². The minimum absolute atomic E-state index is 0.124. The molecule has 1 aromatic rings. The predicted octanol–water partition coefficient (Wildman–Crippen LogP) is 0.765. The van der Waals surface area contributed by atoms with Crippen molar-refractivity contribution in [3.63, 3.8) is 0 Å². The lowest BCUT2D eigenvalue weighted by atomic mass is 10.0. The molecule has 0 aliphatic carbocycles. The Balaban J connectivity index is 2.63. The van der Waals surface area contributed by atoms with Crippen LogP contribution in [0.15, 0.2) is 30.3 Å². The molecular formula is C17H25N3O3. The lowest BCUT2D eigenvalue weighted by molar-refractivity contribution is -0.123. The summed E-state index contributed by atoms with van der Waals surface area (Å²) in [5, 5.41) is 8.13. The molecule has 6 heteroatoms. The maximum Gasteiger partial charge on any atom is 0.222 e. The van der Waals surface area contributed by atoms with Gasteiger partial charge in [-0.25, -0.2) is 0 Å². The van der Waals surface area contributed by atoms with Gasteiger partial charge in [0.05, 0.1) is 0 Å². The topological polar surface area (TPSA) is 87.3 Å². The molecule has 2 atom stereocenters. The number of hydrogen-bond acceptors (Lipinski definition) is 3. The van der Waals surface area contributed by atoms with Crippen LogP contribution in [0, 0.1) is 0 Å². The van der Waals surface area contributed by atoms with Gasteiger partial charge in [-0.05, 0) is 18.9 Å². The molecule has 3 N–H and O–H groups in total. The van der Waals surface area contributed by atoms with Gasteiger partial charge < -0.3 is 16.0 Å². The fourth-order valence-corrected chi connectivity index (χ4v) is 2.36. The molecule has 0 aliphatic rings. The normalized spacial score (nSPS) is 12.8. The van der Waals surface area contributed by atoms with Gasteiger partial charge >= 0.3 is 0 Å². The third kappa shape index (κ3) is 7.99. The van der Waals surface area contributed by atoms with Crippen LogP contribution in [0.5, 0.6) is 0 Å². The van der Waals surface area contributed by atoms with Crippen molar-refractivity contribution in [2.24, 2.45) is 0 Å². The standard InChI is InChI=1S/C17H25N3O3/c1-12(19-13(2)21)9-17(23)20-15(11-16(22)18-3)10-14-7-5-4-6-8-14/h4-8,12,15H,9-11H2,1-3H3,(H,18,22)(H,19,21)(H,20,23)/t12-,15-/m0/s1. The lowest BCUT2D eigenvalue weighted by Gasteiger charge is -2.20. The smallest absolute Gasteiger partial charge is 0.222 e. The molecule has 0 aromatic heterocycles. The summed E-state index contributed by atoms with van der Waals surface area (Å²) >= 11 is 0. The largest absolute Gasteiger partial charge is 0.359 e. The van der Waals surface area contributed by atoms with Gasteiger partial charge in [0.25, 0.3) is 0 Å². The van der Waals surface area contributed by atoms with Gasteiger partial charge in [0, 0.05) is 38.9 Å². The zero-order valence-corrected chi connectivity index (χ0v) is 13.9. The van der Waals surface area contributed by atoms with Crippen LogP contribution >= 0.6 is 0 Å². The molecule has 0 spiro atoms. The van der Waals surface area contributed by atoms with E-state index in [1.807, 2.05) is 30.3 Å². The monoisotopic (exact) mass is 319 g/mol. The van der Waals surface area contributed by atoms with E-state index in [9.17, 15) is 14.4 Å². The van der Waals surface area contributed by atoms with Gasteiger partial charge in [-0.15, -0.1) is 0 Å². The number of amides is 3. The summed E-state index contributed by atoms with van der Waals surface area (Å²) < 4.78 is 0. The van der Waals surface area contributed by atoms with E-state index in [-0.39, 0.29) is 42.6 Å². The molecule has 0 aliphatic heterocycles. The Morgan fingerprint density at radius 1 is 1.00 bits per heavy atom. The summed E-state index contributed by atoms with van der Waals surface area (Å²) in [6.45, 7) is 3.18. The highest BCUT2D eigenvalue weighted by Crippen LogP contribution is 2.07. The number of benzene rings is 1. The first-order valence-corrected chi connectivity index (χ1v) is 7.71. The first kappa shape index (κ1) is 18.7. The van der Waals surface area contributed by atoms with Crippen molar-refractivity contribution in [3.8, 4) is 0 Å². The van der Waals surface area contributed by atoms with Crippen molar-refractivity contribution < 1.29 is 14.4 Å². The highest BCUT2D eigenvalue weighted by molar-refractivity contribution is 5.80. The van der Waals surface area contributed by atoms with Crippen LogP contribution in [0.3, 0.4) is 0 Å². The lowest BCUT2D eigenvalue weighted by Crippen LogP contribution is -2.43. The van der Waals surface area contributed by atoms with Gasteiger partial charge in [-0.2, -0.15) is 0 Å². The maximum absolute atomic E-state index is 12.1. The second-order valence-electron chi connectivity index (χ2n) is 5.64. The van der Waals surface area contributed by atoms with E-state index in [2.05, 4.69) is 16.0 Å². The summed E-state index contributed by atoms with van der Waals surface area (Å²) in [6.07, 6.45) is 0.971. The van der Waals surface area contributed by atoms with Crippen molar-refractivity contribution in [1.82, 2.24) is 16.0 Å². The summed E-state index contributed by atoms with van der Waals surface area (Å²) in [5.41, 5.74) is 1.05. The first-order valence-electron chi connectivity index (χ1n) is 7.71. The van der Waals surface area contributed by atoms with E-state index in [1.54, 1.807) is 14.0 Å². The summed E-state index contributed by atoms with van der Waals surface area (Å²) in [6, 6.07) is 9.16. The van der Waals surface area contributed by atoms with Crippen molar-refractivity contribution >= 4 is 17.7 Å². The molecule has 0 heterocycles. The Morgan fingerprint density at radius 2 is 1.65 bits per heavy atom. The van der Waals surface area contributed by atoms with Crippen LogP contribution in [-0.2, 0) is 20.8 Å². The van der Waals surface area contributed by atoms with Gasteiger partial charge in [-0.3, -0.25) is 14.4 Å². The van der Waals surface area contributed by atoms with E-state index in [1.165, 1.54) is 6.92 Å². The van der Waals surface area contributed by atoms with Gasteiger partial charge in [0.2, 0.25) is 17.7 Å². The number of carbonyl (C=O) groups is 3. The molecule has 0 radical (unpaired) electrons. The second-order valence-corrected chi connectivity index (χ2v) is 5.64. The first-order chi connectivity index (χ1) is 10.9. The Bertz CT molecular complexity index is 531. The van der Waals surface area contributed by atoms with Gasteiger partial charge in [0.1, 0.15) is 0 Å². The molecule has 126 valence electrons. The third-order valence-corrected chi connectivity index (χ3v) is 3.34. The van der Waals surface area contributed by atoms with Gasteiger partial charge in [0.15, 0.2) is 0 Å². The third-order valence-electron chi connectivity index (χ3n) is 3.34. The Morgan fingerprint density at radius 3 is 2.22 bits per heavy atom. The summed E-state index contributed by atoms with van der Waals surface area (Å²) in [7, 11) is 1.57. The zero-order chi connectivity index (χ0) is 17.2. The minimum Gasteiger partial charge on any atom is -0.359 e. The van der Waals surface area contributed by atoms with Crippen LogP contribution < -0.4 is 16.0 Å². The SMILES string of the molecule is CNC(=O)C[C@H](Cc1ccccc1)NC(=O)C[C@H](C)NC(C)=O. The Kier molecular flexibility index (Phi) is 7.80. The molecule has 6 nitrogen and oxygen atoms in total. The van der Waals surface area contributed by atoms with Crippen LogP contribution in [0.1, 0.15) is 32.3 Å². The minimum atomic E-state index is -0.283. The quantitative estimate of drug-likeness (QED) is 0.661. The highest BCUT2D eigenvalue weighted by atomic mass is 16.2. The fraction of sp³-hybridized carbons (Fsp3) is 0.471. The van der Waals surface area contributed by atoms with Gasteiger partial charge in [-0.1, -0.05) is 30.3 Å². The molecule has 0 saturated carbocycles. The van der Waals surface area contributed by atoms with Crippen LogP contribution in [0.4, 0.5) is 0 Å². The summed E-state index contributed by atoms with van der Waals surface area (Å²) in [5.74, 6) is -0.478. The maximum atomic E-state index is 12.1. The molecule has 1 rings (SSSR count). The molecule has 0 saturated heterocycles. The molecule has 0 fully saturated rings. The molecule has 23 heavy (non-hydrogen) atoms. The van der Waals surface area contributed by atoms with E-state index in [0.29, 0.717) is 6.42 Å². The van der Waals surface area contributed by atoms with E-state index >= 15 is 0 Å². The molecule has 0 bridgehead atoms. The molecule has 1 aromatic carbocycles. The van der Waals surface area contributed by atoms with Crippen molar-refractivity contribution in [2.75, 3.05) is 7.05 Å². The average Bonchev–Trinajstić information content (AvgIpc) is 2.46. The summed E-state index contributed by atoms with van der Waals surface area (Å²) in [4.78, 5) is 34.7. The van der Waals surface area contributed by atoms with E-state index in [0.717, 1.165) is 5.56 Å². The number of nitrogens with one attached hydrogen (secondary N) is 3.